The molecule has 1 aromatic rings. The van der Waals surface area contributed by atoms with Gasteiger partial charge in [0.05, 0.1) is 0 Å². The Labute approximate surface area is 82.4 Å². The van der Waals surface area contributed by atoms with Crippen LogP contribution in [0.4, 0.5) is 0 Å². The van der Waals surface area contributed by atoms with Crippen LogP contribution in [0.15, 0.2) is 24.3 Å². The second-order valence-corrected chi connectivity index (χ2v) is 3.90. The molecule has 0 spiro atoms. The summed E-state index contributed by atoms with van der Waals surface area (Å²) in [6.07, 6.45) is 3.97. The molecule has 0 aliphatic rings. The van der Waals surface area contributed by atoms with Gasteiger partial charge in [-0.1, -0.05) is 68.2 Å². The van der Waals surface area contributed by atoms with E-state index in [1.54, 1.807) is 0 Å². The molecule has 0 aliphatic heterocycles. The van der Waals surface area contributed by atoms with Crippen LogP contribution in [-0.2, 0) is 0 Å². The predicted octanol–water partition coefficient (Wildman–Crippen LogP) is 3.13. The number of aryl methyl sites for hydroxylation is 1. The largest absolute Gasteiger partial charge is 0.173 e. The lowest BCUT2D eigenvalue weighted by atomic mass is 9.43. The van der Waals surface area contributed by atoms with E-state index in [1.807, 2.05) is 0 Å². The molecule has 0 aromatic heterocycles. The molecule has 1 aromatic carbocycles. The summed E-state index contributed by atoms with van der Waals surface area (Å²) in [5.41, 5.74) is 2.96. The van der Waals surface area contributed by atoms with E-state index >= 15 is 0 Å². The number of rotatable bonds is 4. The third kappa shape index (κ3) is 2.91. The minimum absolute atomic E-state index is 0.723. The number of hydrogen-bond donors (Lipinski definition) is 0. The SMILES string of the molecule is CCCCB(C)c1ccccc1C. The third-order valence-electron chi connectivity index (χ3n) is 2.71. The van der Waals surface area contributed by atoms with E-state index in [4.69, 9.17) is 0 Å². The van der Waals surface area contributed by atoms with Crippen LogP contribution in [0, 0.1) is 6.92 Å². The van der Waals surface area contributed by atoms with E-state index in [-0.39, 0.29) is 0 Å². The molecule has 0 amide bonds. The van der Waals surface area contributed by atoms with Gasteiger partial charge in [0.1, 0.15) is 0 Å². The average Bonchev–Trinajstić information content (AvgIpc) is 2.15. The molecule has 0 saturated heterocycles. The van der Waals surface area contributed by atoms with Crippen molar-refractivity contribution in [1.82, 2.24) is 0 Å². The zero-order chi connectivity index (χ0) is 9.68. The molecule has 0 atom stereocenters. The average molecular weight is 174 g/mol. The Kier molecular flexibility index (Phi) is 4.07. The topological polar surface area (TPSA) is 0 Å². The fourth-order valence-electron chi connectivity index (χ4n) is 1.81. The normalized spacial score (nSPS) is 10.1. The van der Waals surface area contributed by atoms with Crippen LogP contribution < -0.4 is 5.46 Å². The molecule has 1 rings (SSSR count). The second-order valence-electron chi connectivity index (χ2n) is 3.90. The Bertz CT molecular complexity index is 255. The summed E-state index contributed by atoms with van der Waals surface area (Å²) in [5, 5.41) is 0. The van der Waals surface area contributed by atoms with Gasteiger partial charge in [-0.2, -0.15) is 0 Å². The standard InChI is InChI=1S/C12H19B/c1-4-5-10-13(3)12-9-7-6-8-11(12)2/h6-9H,4-5,10H2,1-3H3. The zero-order valence-electron chi connectivity index (χ0n) is 9.01. The fourth-order valence-corrected chi connectivity index (χ4v) is 1.81. The van der Waals surface area contributed by atoms with Crippen molar-refractivity contribution >= 4 is 12.2 Å². The molecule has 0 fully saturated rings. The maximum absolute atomic E-state index is 2.33. The fraction of sp³-hybridized carbons (Fsp3) is 0.500. The first-order chi connectivity index (χ1) is 6.25. The predicted molar refractivity (Wildman–Crippen MR) is 62.1 cm³/mol. The number of hydrogen-bond acceptors (Lipinski definition) is 0. The minimum atomic E-state index is 0.723. The number of unbranched alkanes of at least 4 members (excludes halogenated alkanes) is 1. The molecule has 0 nitrogen and oxygen atoms in total. The first-order valence-corrected chi connectivity index (χ1v) is 5.31. The summed E-state index contributed by atoms with van der Waals surface area (Å²) in [6.45, 7) is 7.52. The summed E-state index contributed by atoms with van der Waals surface area (Å²) in [4.78, 5) is 0. The van der Waals surface area contributed by atoms with E-state index in [0.29, 0.717) is 0 Å². The lowest BCUT2D eigenvalue weighted by Gasteiger charge is -2.10. The minimum Gasteiger partial charge on any atom is -0.0817 e. The van der Waals surface area contributed by atoms with Crippen molar-refractivity contribution in [2.24, 2.45) is 0 Å². The van der Waals surface area contributed by atoms with Crippen molar-refractivity contribution < 1.29 is 0 Å². The summed E-state index contributed by atoms with van der Waals surface area (Å²) < 4.78 is 0. The van der Waals surface area contributed by atoms with Gasteiger partial charge in [0.15, 0.2) is 6.71 Å². The van der Waals surface area contributed by atoms with Gasteiger partial charge in [0, 0.05) is 0 Å². The summed E-state index contributed by atoms with van der Waals surface area (Å²) in [6, 6.07) is 8.73. The zero-order valence-corrected chi connectivity index (χ0v) is 9.01. The van der Waals surface area contributed by atoms with Crippen molar-refractivity contribution in [3.63, 3.8) is 0 Å². The Hall–Kier alpha value is -0.715. The van der Waals surface area contributed by atoms with E-state index in [1.165, 1.54) is 30.2 Å². The van der Waals surface area contributed by atoms with Crippen LogP contribution in [-0.4, -0.2) is 6.71 Å². The molecule has 0 N–H and O–H groups in total. The highest BCUT2D eigenvalue weighted by Gasteiger charge is 2.10. The van der Waals surface area contributed by atoms with Gasteiger partial charge < -0.3 is 0 Å². The summed E-state index contributed by atoms with van der Waals surface area (Å²) >= 11 is 0. The molecule has 0 saturated carbocycles. The van der Waals surface area contributed by atoms with E-state index in [0.717, 1.165) is 6.71 Å². The van der Waals surface area contributed by atoms with Crippen LogP contribution in [0.2, 0.25) is 13.1 Å². The molecule has 70 valence electrons. The molecular weight excluding hydrogens is 155 g/mol. The van der Waals surface area contributed by atoms with Crippen LogP contribution >= 0.6 is 0 Å². The van der Waals surface area contributed by atoms with E-state index in [2.05, 4.69) is 44.9 Å². The Balaban J connectivity index is 2.65. The monoisotopic (exact) mass is 174 g/mol. The first-order valence-electron chi connectivity index (χ1n) is 5.31. The smallest absolute Gasteiger partial charge is 0.0817 e. The van der Waals surface area contributed by atoms with Crippen LogP contribution in [0.5, 0.6) is 0 Å². The van der Waals surface area contributed by atoms with Gasteiger partial charge in [-0.15, -0.1) is 0 Å². The van der Waals surface area contributed by atoms with Gasteiger partial charge in [-0.25, -0.2) is 0 Å². The second kappa shape index (κ2) is 5.11. The molecule has 0 bridgehead atoms. The number of benzene rings is 1. The molecule has 0 heterocycles. The highest BCUT2D eigenvalue weighted by Crippen LogP contribution is 2.04. The Morgan fingerprint density at radius 2 is 1.92 bits per heavy atom. The van der Waals surface area contributed by atoms with Crippen molar-refractivity contribution in [2.45, 2.75) is 39.8 Å². The van der Waals surface area contributed by atoms with Gasteiger partial charge in [0.25, 0.3) is 0 Å². The molecule has 1 heteroatoms. The van der Waals surface area contributed by atoms with Crippen LogP contribution in [0.25, 0.3) is 0 Å². The third-order valence-corrected chi connectivity index (χ3v) is 2.71. The van der Waals surface area contributed by atoms with Gasteiger partial charge in [0.2, 0.25) is 0 Å². The van der Waals surface area contributed by atoms with Crippen LogP contribution in [0.3, 0.4) is 0 Å². The van der Waals surface area contributed by atoms with Crippen LogP contribution in [0.1, 0.15) is 25.3 Å². The molecule has 0 radical (unpaired) electrons. The highest BCUT2D eigenvalue weighted by atomic mass is 13.9. The lowest BCUT2D eigenvalue weighted by Crippen LogP contribution is -2.28. The Morgan fingerprint density at radius 1 is 1.23 bits per heavy atom. The van der Waals surface area contributed by atoms with Crippen molar-refractivity contribution in [1.29, 1.82) is 0 Å². The molecule has 0 unspecified atom stereocenters. The van der Waals surface area contributed by atoms with Crippen molar-refractivity contribution in [2.75, 3.05) is 0 Å². The van der Waals surface area contributed by atoms with Gasteiger partial charge in [-0.05, 0) is 6.92 Å². The van der Waals surface area contributed by atoms with Crippen molar-refractivity contribution in [3.8, 4) is 0 Å². The maximum Gasteiger partial charge on any atom is 0.173 e. The van der Waals surface area contributed by atoms with Gasteiger partial charge >= 0.3 is 0 Å². The quantitative estimate of drug-likeness (QED) is 0.615. The summed E-state index contributed by atoms with van der Waals surface area (Å²) in [5.74, 6) is 0. The van der Waals surface area contributed by atoms with E-state index < -0.39 is 0 Å². The summed E-state index contributed by atoms with van der Waals surface area (Å²) in [7, 11) is 0. The van der Waals surface area contributed by atoms with E-state index in [9.17, 15) is 0 Å². The lowest BCUT2D eigenvalue weighted by molar-refractivity contribution is 0.876. The van der Waals surface area contributed by atoms with Gasteiger partial charge in [-0.3, -0.25) is 0 Å². The Morgan fingerprint density at radius 3 is 2.54 bits per heavy atom. The molecule has 13 heavy (non-hydrogen) atoms. The van der Waals surface area contributed by atoms with Crippen molar-refractivity contribution in [3.05, 3.63) is 29.8 Å². The first kappa shape index (κ1) is 10.4. The molecular formula is C12H19B. The molecule has 0 aliphatic carbocycles. The highest BCUT2D eigenvalue weighted by molar-refractivity contribution is 6.72. The maximum atomic E-state index is 2.33.